The van der Waals surface area contributed by atoms with Crippen molar-refractivity contribution < 1.29 is 14.7 Å². The van der Waals surface area contributed by atoms with E-state index in [2.05, 4.69) is 0 Å². The molecule has 1 aromatic carbocycles. The lowest BCUT2D eigenvalue weighted by Crippen LogP contribution is -2.34. The van der Waals surface area contributed by atoms with Crippen LogP contribution in [0.15, 0.2) is 24.3 Å². The molecule has 0 spiro atoms. The number of carbonyl (C=O) groups excluding carboxylic acids is 1. The van der Waals surface area contributed by atoms with Gasteiger partial charge in [-0.05, 0) is 31.4 Å². The summed E-state index contributed by atoms with van der Waals surface area (Å²) in [6.45, 7) is 2.18. The first-order chi connectivity index (χ1) is 8.59. The molecule has 0 aliphatic heterocycles. The van der Waals surface area contributed by atoms with Crippen molar-refractivity contribution in [3.63, 3.8) is 0 Å². The van der Waals surface area contributed by atoms with Crippen molar-refractivity contribution in [1.29, 1.82) is 0 Å². The van der Waals surface area contributed by atoms with Crippen LogP contribution in [0, 0.1) is 12.8 Å². The van der Waals surface area contributed by atoms with E-state index in [9.17, 15) is 9.59 Å². The van der Waals surface area contributed by atoms with Crippen molar-refractivity contribution >= 4 is 17.6 Å². The lowest BCUT2D eigenvalue weighted by atomic mass is 10.1. The van der Waals surface area contributed by atoms with Gasteiger partial charge in [-0.25, -0.2) is 0 Å². The van der Waals surface area contributed by atoms with Crippen molar-refractivity contribution in [2.75, 3.05) is 11.4 Å². The van der Waals surface area contributed by atoms with Crippen molar-refractivity contribution in [3.05, 3.63) is 29.8 Å². The van der Waals surface area contributed by atoms with Crippen LogP contribution >= 0.6 is 0 Å². The summed E-state index contributed by atoms with van der Waals surface area (Å²) >= 11 is 0. The molecular formula is C14H17NO3. The molecule has 0 bridgehead atoms. The minimum absolute atomic E-state index is 0.0210. The van der Waals surface area contributed by atoms with Gasteiger partial charge in [-0.1, -0.05) is 18.2 Å². The number of amides is 1. The Bertz CT molecular complexity index is 466. The topological polar surface area (TPSA) is 57.6 Å². The highest BCUT2D eigenvalue weighted by atomic mass is 16.4. The summed E-state index contributed by atoms with van der Waals surface area (Å²) in [5.41, 5.74) is 1.83. The summed E-state index contributed by atoms with van der Waals surface area (Å²) in [6, 6.07) is 7.59. The monoisotopic (exact) mass is 247 g/mol. The van der Waals surface area contributed by atoms with Crippen molar-refractivity contribution in [3.8, 4) is 0 Å². The van der Waals surface area contributed by atoms with Gasteiger partial charge >= 0.3 is 5.97 Å². The second kappa shape index (κ2) is 5.21. The number of hydrogen-bond donors (Lipinski definition) is 1. The summed E-state index contributed by atoms with van der Waals surface area (Å²) in [6.07, 6.45) is 1.83. The van der Waals surface area contributed by atoms with Crippen LogP contribution in [0.1, 0.15) is 24.8 Å². The van der Waals surface area contributed by atoms with E-state index in [4.69, 9.17) is 5.11 Å². The Kier molecular flexibility index (Phi) is 3.65. The molecule has 4 heteroatoms. The van der Waals surface area contributed by atoms with E-state index >= 15 is 0 Å². The molecule has 1 aliphatic carbocycles. The molecule has 0 radical (unpaired) electrons. The van der Waals surface area contributed by atoms with E-state index in [1.807, 2.05) is 31.2 Å². The smallest absolute Gasteiger partial charge is 0.305 e. The highest BCUT2D eigenvalue weighted by Gasteiger charge is 2.34. The minimum Gasteiger partial charge on any atom is -0.481 e. The number of rotatable bonds is 5. The van der Waals surface area contributed by atoms with Gasteiger partial charge in [0, 0.05) is 18.2 Å². The molecule has 18 heavy (non-hydrogen) atoms. The van der Waals surface area contributed by atoms with Crippen LogP contribution in [0.25, 0.3) is 0 Å². The third-order valence-electron chi connectivity index (χ3n) is 3.15. The third kappa shape index (κ3) is 2.88. The number of carboxylic acids is 1. The van der Waals surface area contributed by atoms with Gasteiger partial charge in [-0.2, -0.15) is 0 Å². The van der Waals surface area contributed by atoms with Crippen molar-refractivity contribution in [2.24, 2.45) is 5.92 Å². The Morgan fingerprint density at radius 3 is 2.56 bits per heavy atom. The fourth-order valence-corrected chi connectivity index (χ4v) is 1.97. The lowest BCUT2D eigenvalue weighted by molar-refractivity contribution is -0.136. The molecule has 0 aromatic heterocycles. The second-order valence-electron chi connectivity index (χ2n) is 4.69. The molecule has 1 saturated carbocycles. The van der Waals surface area contributed by atoms with Gasteiger partial charge in [-0.15, -0.1) is 0 Å². The lowest BCUT2D eigenvalue weighted by Gasteiger charge is -2.24. The molecule has 0 saturated heterocycles. The Hall–Kier alpha value is -1.84. The number of hydrogen-bond acceptors (Lipinski definition) is 2. The second-order valence-corrected chi connectivity index (χ2v) is 4.69. The number of aliphatic carboxylic acids is 1. The van der Waals surface area contributed by atoms with Gasteiger partial charge in [-0.3, -0.25) is 9.59 Å². The standard InChI is InChI=1S/C14H17NO3/c1-10-4-2-3-5-12(10)15(9-8-13(16)17)14(18)11-6-7-11/h2-5,11H,6-9H2,1H3,(H,16,17). The zero-order chi connectivity index (χ0) is 13.1. The Balaban J connectivity index is 2.20. The average molecular weight is 247 g/mol. The maximum absolute atomic E-state index is 12.2. The molecule has 2 rings (SSSR count). The summed E-state index contributed by atoms with van der Waals surface area (Å²) < 4.78 is 0. The van der Waals surface area contributed by atoms with E-state index in [1.54, 1.807) is 4.90 Å². The summed E-state index contributed by atoms with van der Waals surface area (Å²) in [5, 5.41) is 8.78. The maximum atomic E-state index is 12.2. The third-order valence-corrected chi connectivity index (χ3v) is 3.15. The molecule has 1 aliphatic rings. The fraction of sp³-hybridized carbons (Fsp3) is 0.429. The van der Waals surface area contributed by atoms with Crippen molar-refractivity contribution in [2.45, 2.75) is 26.2 Å². The van der Waals surface area contributed by atoms with Crippen LogP contribution in [-0.4, -0.2) is 23.5 Å². The van der Waals surface area contributed by atoms with Crippen LogP contribution in [0.3, 0.4) is 0 Å². The molecule has 96 valence electrons. The molecular weight excluding hydrogens is 230 g/mol. The minimum atomic E-state index is -0.878. The fourth-order valence-electron chi connectivity index (χ4n) is 1.97. The zero-order valence-corrected chi connectivity index (χ0v) is 10.4. The summed E-state index contributed by atoms with van der Waals surface area (Å²) in [4.78, 5) is 24.5. The van der Waals surface area contributed by atoms with E-state index in [0.717, 1.165) is 24.1 Å². The van der Waals surface area contributed by atoms with Gasteiger partial charge in [0.15, 0.2) is 0 Å². The number of carboxylic acid groups (broad SMARTS) is 1. The number of para-hydroxylation sites is 1. The Morgan fingerprint density at radius 2 is 2.00 bits per heavy atom. The van der Waals surface area contributed by atoms with Crippen LogP contribution < -0.4 is 4.90 Å². The number of anilines is 1. The first-order valence-electron chi connectivity index (χ1n) is 6.18. The maximum Gasteiger partial charge on any atom is 0.305 e. The predicted octanol–water partition coefficient (Wildman–Crippen LogP) is 2.21. The van der Waals surface area contributed by atoms with Crippen molar-refractivity contribution in [1.82, 2.24) is 0 Å². The van der Waals surface area contributed by atoms with Gasteiger partial charge < -0.3 is 10.0 Å². The first-order valence-corrected chi connectivity index (χ1v) is 6.18. The van der Waals surface area contributed by atoms with Gasteiger partial charge in [0.25, 0.3) is 0 Å². The number of nitrogens with zero attached hydrogens (tertiary/aromatic N) is 1. The largest absolute Gasteiger partial charge is 0.481 e. The van der Waals surface area contributed by atoms with Gasteiger partial charge in [0.05, 0.1) is 6.42 Å². The zero-order valence-electron chi connectivity index (χ0n) is 10.4. The molecule has 1 aromatic rings. The number of carbonyl (C=O) groups is 2. The molecule has 0 atom stereocenters. The number of aryl methyl sites for hydroxylation is 1. The van der Waals surface area contributed by atoms with Gasteiger partial charge in [0.1, 0.15) is 0 Å². The van der Waals surface area contributed by atoms with Gasteiger partial charge in [0.2, 0.25) is 5.91 Å². The van der Waals surface area contributed by atoms with Crippen LogP contribution in [0.4, 0.5) is 5.69 Å². The highest BCUT2D eigenvalue weighted by molar-refractivity contribution is 5.97. The van der Waals surface area contributed by atoms with Crippen LogP contribution in [-0.2, 0) is 9.59 Å². The van der Waals surface area contributed by atoms with Crippen LogP contribution in [0.5, 0.6) is 0 Å². The SMILES string of the molecule is Cc1ccccc1N(CCC(=O)O)C(=O)C1CC1. The summed E-state index contributed by atoms with van der Waals surface area (Å²) in [5.74, 6) is -0.721. The van der Waals surface area contributed by atoms with E-state index in [-0.39, 0.29) is 24.8 Å². The van der Waals surface area contributed by atoms with E-state index in [0.29, 0.717) is 0 Å². The molecule has 4 nitrogen and oxygen atoms in total. The van der Waals surface area contributed by atoms with E-state index < -0.39 is 5.97 Å². The van der Waals surface area contributed by atoms with Crippen LogP contribution in [0.2, 0.25) is 0 Å². The Morgan fingerprint density at radius 1 is 1.33 bits per heavy atom. The number of benzene rings is 1. The normalized spacial score (nSPS) is 14.3. The molecule has 1 N–H and O–H groups in total. The molecule has 1 amide bonds. The highest BCUT2D eigenvalue weighted by Crippen LogP contribution is 2.33. The van der Waals surface area contributed by atoms with E-state index in [1.165, 1.54) is 0 Å². The first kappa shape index (κ1) is 12.6. The molecule has 0 unspecified atom stereocenters. The molecule has 0 heterocycles. The predicted molar refractivity (Wildman–Crippen MR) is 68.5 cm³/mol. The summed E-state index contributed by atoms with van der Waals surface area (Å²) in [7, 11) is 0. The average Bonchev–Trinajstić information content (AvgIpc) is 3.14. The Labute approximate surface area is 106 Å². The molecule has 1 fully saturated rings. The quantitative estimate of drug-likeness (QED) is 0.867.